The van der Waals surface area contributed by atoms with E-state index in [0.717, 1.165) is 0 Å². The molecule has 0 bridgehead atoms. The summed E-state index contributed by atoms with van der Waals surface area (Å²) in [6.45, 7) is 6.50. The van der Waals surface area contributed by atoms with E-state index < -0.39 is 174 Å². The Balaban J connectivity index is 2.01. The number of hydrogen-bond acceptors (Lipinski definition) is 23. The molecule has 0 heterocycles. The fourth-order valence-electron chi connectivity index (χ4n) is 12.6. The number of aliphatic hydroxyl groups is 1. The van der Waals surface area contributed by atoms with Gasteiger partial charge >= 0.3 is 5.97 Å². The van der Waals surface area contributed by atoms with Crippen molar-refractivity contribution in [2.75, 3.05) is 57.4 Å². The first kappa shape index (κ1) is 104. The molecule has 672 valence electrons. The van der Waals surface area contributed by atoms with Gasteiger partial charge in [0.25, 0.3) is 0 Å². The lowest BCUT2D eigenvalue weighted by Crippen LogP contribution is -2.61. The van der Waals surface area contributed by atoms with E-state index in [1.54, 1.807) is 119 Å². The molecule has 13 atom stereocenters. The standard InChI is InChI=1S/C80H129N23O16S2/c1-47(2)38-57(71(111)100-61(42-51-26-12-7-13-27-51)75(115)103-64(46-121)77(117)95-55(30-16-19-35-83)69(109)97-58(39-48(3)4)72(112)101-62(44-104)78(118)119)96-68(108)54(29-15-18-34-82)94-76(116)63(45-120)102-74(114)60(41-50-24-10-6-11-25-50)99-70(110)56(32-21-37-90-80(87)88)92-67(107)53(28-14-17-33-81)93-73(113)59(40-49-22-8-5-9-23-49)98-66(106)52(91-65(105)43-84)31-20-36-89-79(85)86/h5-13,22-27,47-48,52-64,104,120-121H,14-21,28-46,81-84H2,1-4H3,(H,91,105)(H,92,107)(H,93,113)(H,94,116)(H,95,117)(H,96,108)(H,97,109)(H,98,106)(H,99,110)(H,100,111)(H,101,112)(H,102,114)(H,103,115)(H,118,119)(H4,85,86,89)(H4,87,88,90)/t52-,53-,54-,55-,56-,57-,58-,59-,60-,61-,62-,63-,64-/m0/s1. The highest BCUT2D eigenvalue weighted by Gasteiger charge is 2.38. The van der Waals surface area contributed by atoms with Gasteiger partial charge in [-0.3, -0.25) is 73.1 Å². The molecule has 0 saturated carbocycles. The van der Waals surface area contributed by atoms with E-state index in [1.807, 2.05) is 0 Å². The second-order valence-corrected chi connectivity index (χ2v) is 30.8. The molecule has 3 aromatic carbocycles. The minimum atomic E-state index is -1.67. The Morgan fingerprint density at radius 3 is 0.810 bits per heavy atom. The quantitative estimate of drug-likeness (QED) is 0.0111. The predicted octanol–water partition coefficient (Wildman–Crippen LogP) is -4.08. The van der Waals surface area contributed by atoms with Gasteiger partial charge in [-0.2, -0.15) is 25.3 Å². The third-order valence-corrected chi connectivity index (χ3v) is 19.8. The van der Waals surface area contributed by atoms with Gasteiger partial charge in [-0.25, -0.2) is 4.79 Å². The topological polar surface area (TPSA) is 664 Å². The number of benzene rings is 3. The summed E-state index contributed by atoms with van der Waals surface area (Å²) in [5, 5.41) is 74.1. The van der Waals surface area contributed by atoms with Gasteiger partial charge in [-0.05, 0) is 144 Å². The molecule has 0 spiro atoms. The second kappa shape index (κ2) is 58.3. The van der Waals surface area contributed by atoms with E-state index >= 15 is 0 Å². The molecule has 0 aliphatic heterocycles. The van der Waals surface area contributed by atoms with Crippen molar-refractivity contribution in [2.24, 2.45) is 46.2 Å². The number of nitrogens with one attached hydrogen (secondary N) is 17. The van der Waals surface area contributed by atoms with Crippen LogP contribution in [0.25, 0.3) is 0 Å². The molecule has 121 heavy (non-hydrogen) atoms. The first-order valence-electron chi connectivity index (χ1n) is 40.8. The van der Waals surface area contributed by atoms with Gasteiger partial charge in [-0.15, -0.1) is 0 Å². The van der Waals surface area contributed by atoms with Crippen molar-refractivity contribution in [1.29, 1.82) is 10.8 Å². The summed E-state index contributed by atoms with van der Waals surface area (Å²) in [6, 6.07) is 7.14. The van der Waals surface area contributed by atoms with E-state index in [2.05, 4.69) is 105 Å². The molecule has 0 aliphatic carbocycles. The number of rotatable bonds is 60. The van der Waals surface area contributed by atoms with Crippen LogP contribution < -0.4 is 114 Å². The summed E-state index contributed by atoms with van der Waals surface area (Å²) in [5.41, 5.74) is 35.9. The molecule has 13 amide bonds. The van der Waals surface area contributed by atoms with Crippen LogP contribution in [0, 0.1) is 22.7 Å². The Morgan fingerprint density at radius 2 is 0.562 bits per heavy atom. The number of aliphatic carboxylic acids is 1. The van der Waals surface area contributed by atoms with Crippen LogP contribution in [-0.2, 0) is 86.4 Å². The summed E-state index contributed by atoms with van der Waals surface area (Å²) < 4.78 is 0. The summed E-state index contributed by atoms with van der Waals surface area (Å²) in [6.07, 6.45) is 1.82. The van der Waals surface area contributed by atoms with Gasteiger partial charge in [0.05, 0.1) is 13.2 Å². The number of unbranched alkanes of at least 4 members (excludes halogenated alkanes) is 3. The van der Waals surface area contributed by atoms with E-state index in [0.29, 0.717) is 42.4 Å². The molecular formula is C80H129N23O16S2. The van der Waals surface area contributed by atoms with Gasteiger partial charge in [0, 0.05) is 43.9 Å². The molecule has 39 nitrogen and oxygen atoms in total. The minimum absolute atomic E-state index is 0.00765. The zero-order valence-electron chi connectivity index (χ0n) is 69.4. The Kier molecular flexibility index (Phi) is 50.3. The van der Waals surface area contributed by atoms with Crippen LogP contribution in [0.2, 0.25) is 0 Å². The maximum Gasteiger partial charge on any atom is 0.328 e. The van der Waals surface area contributed by atoms with E-state index in [-0.39, 0.29) is 158 Å². The van der Waals surface area contributed by atoms with Crippen LogP contribution in [0.4, 0.5) is 0 Å². The largest absolute Gasteiger partial charge is 0.480 e. The van der Waals surface area contributed by atoms with Crippen LogP contribution >= 0.6 is 25.3 Å². The molecule has 31 N–H and O–H groups in total. The average Bonchev–Trinajstić information content (AvgIpc) is 0.857. The van der Waals surface area contributed by atoms with Crippen LogP contribution in [-0.4, -0.2) is 241 Å². The van der Waals surface area contributed by atoms with Crippen molar-refractivity contribution in [3.05, 3.63) is 108 Å². The average molecular weight is 1730 g/mol. The zero-order chi connectivity index (χ0) is 89.9. The van der Waals surface area contributed by atoms with E-state index in [1.165, 1.54) is 0 Å². The van der Waals surface area contributed by atoms with Crippen molar-refractivity contribution in [3.8, 4) is 0 Å². The van der Waals surface area contributed by atoms with Crippen molar-refractivity contribution in [1.82, 2.24) is 79.8 Å². The van der Waals surface area contributed by atoms with Gasteiger partial charge in [0.1, 0.15) is 78.5 Å². The SMILES string of the molecule is CC(C)C[C@H](NC(=O)[C@H](CCCCN)NC(=O)[C@H](CS)NC(=O)[C@H](Cc1ccccc1)NC(=O)[C@H](CC(C)C)NC(=O)[C@H](CCCCN)NC(=O)[C@H](CS)NC(=O)[C@H](Cc1ccccc1)NC(=O)[C@H](CCCNC(=N)N)NC(=O)[C@H](CCCCN)NC(=O)[C@H](Cc1ccccc1)NC(=O)[C@H](CCCNC(=N)N)NC(=O)CN)C(=O)N[C@@H](CO)C(=O)O. The second-order valence-electron chi connectivity index (χ2n) is 30.1. The molecule has 3 rings (SSSR count). The lowest BCUT2D eigenvalue weighted by molar-refractivity contribution is -0.143. The summed E-state index contributed by atoms with van der Waals surface area (Å²) >= 11 is 8.81. The van der Waals surface area contributed by atoms with Crippen LogP contribution in [0.1, 0.15) is 141 Å². The van der Waals surface area contributed by atoms with Crippen LogP contribution in [0.15, 0.2) is 91.0 Å². The summed E-state index contributed by atoms with van der Waals surface area (Å²) in [5.74, 6) is -14.5. The number of guanidine groups is 2. The Morgan fingerprint density at radius 1 is 0.331 bits per heavy atom. The normalized spacial score (nSPS) is 14.3. The third-order valence-electron chi connectivity index (χ3n) is 19.0. The molecule has 0 fully saturated rings. The first-order valence-corrected chi connectivity index (χ1v) is 42.0. The molecule has 3 aromatic rings. The van der Waals surface area contributed by atoms with Gasteiger partial charge in [-0.1, -0.05) is 119 Å². The smallest absolute Gasteiger partial charge is 0.328 e. The number of carbonyl (C=O) groups excluding carboxylic acids is 13. The van der Waals surface area contributed by atoms with E-state index in [4.69, 9.17) is 45.2 Å². The number of carboxylic acids is 1. The summed E-state index contributed by atoms with van der Waals surface area (Å²) in [4.78, 5) is 198. The monoisotopic (exact) mass is 1730 g/mol. The number of amides is 13. The van der Waals surface area contributed by atoms with Gasteiger partial charge in [0.15, 0.2) is 11.9 Å². The molecule has 0 saturated heterocycles. The molecule has 0 aromatic heterocycles. The van der Waals surface area contributed by atoms with Crippen LogP contribution in [0.5, 0.6) is 0 Å². The molecular weight excluding hydrogens is 1600 g/mol. The number of nitrogens with two attached hydrogens (primary N) is 6. The van der Waals surface area contributed by atoms with Crippen LogP contribution in [0.3, 0.4) is 0 Å². The predicted molar refractivity (Wildman–Crippen MR) is 463 cm³/mol. The highest BCUT2D eigenvalue weighted by molar-refractivity contribution is 7.80. The number of carbonyl (C=O) groups is 14. The van der Waals surface area contributed by atoms with Gasteiger partial charge in [0.2, 0.25) is 76.8 Å². The Bertz CT molecular complexity index is 3790. The molecule has 41 heteroatoms. The fraction of sp³-hybridized carbons (Fsp3) is 0.575. The number of carboxylic acid groups (broad SMARTS) is 1. The van der Waals surface area contributed by atoms with Crippen molar-refractivity contribution in [3.63, 3.8) is 0 Å². The van der Waals surface area contributed by atoms with Crippen molar-refractivity contribution in [2.45, 2.75) is 222 Å². The molecule has 0 aliphatic rings. The summed E-state index contributed by atoms with van der Waals surface area (Å²) in [7, 11) is 0. The Labute approximate surface area is 717 Å². The van der Waals surface area contributed by atoms with Gasteiger partial charge < -0.3 is 124 Å². The van der Waals surface area contributed by atoms with E-state index in [9.17, 15) is 77.3 Å². The highest BCUT2D eigenvalue weighted by Crippen LogP contribution is 2.16. The maximum absolute atomic E-state index is 15.0. The lowest BCUT2D eigenvalue weighted by Gasteiger charge is -2.29. The molecule has 0 unspecified atom stereocenters. The highest BCUT2D eigenvalue weighted by atomic mass is 32.1. The van der Waals surface area contributed by atoms with Crippen molar-refractivity contribution < 1.29 is 77.3 Å². The third kappa shape index (κ3) is 41.4. The molecule has 0 radical (unpaired) electrons. The zero-order valence-corrected chi connectivity index (χ0v) is 71.2. The first-order chi connectivity index (χ1) is 57.7. The Hall–Kier alpha value is -10.7. The lowest BCUT2D eigenvalue weighted by atomic mass is 10.00. The fourth-order valence-corrected chi connectivity index (χ4v) is 13.1. The number of thiol groups is 2. The maximum atomic E-state index is 15.0. The minimum Gasteiger partial charge on any atom is -0.480 e. The van der Waals surface area contributed by atoms with Crippen molar-refractivity contribution >= 4 is 120 Å². The number of hydrogen-bond donors (Lipinski definition) is 27. The number of aliphatic hydroxyl groups excluding tert-OH is 1.